The average Bonchev–Trinajstić information content (AvgIpc) is 2.75. The number of aromatic nitrogens is 2. The van der Waals surface area contributed by atoms with Crippen molar-refractivity contribution in [3.63, 3.8) is 0 Å². The zero-order chi connectivity index (χ0) is 14.9. The number of benzene rings is 1. The lowest BCUT2D eigenvalue weighted by atomic mass is 10.2. The van der Waals surface area contributed by atoms with Crippen LogP contribution >= 0.6 is 11.6 Å². The standard InChI is InChI=1S/C12H15ClN4O2S/c1-8-14-7-12(15-8)20(18,19)16-10-6-9(13)4-5-11(10)17(2)3/h4-7,16H,1-3H3,(H,14,15). The monoisotopic (exact) mass is 314 g/mol. The van der Waals surface area contributed by atoms with E-state index >= 15 is 0 Å². The van der Waals surface area contributed by atoms with Crippen molar-refractivity contribution in [2.45, 2.75) is 11.9 Å². The van der Waals surface area contributed by atoms with Crippen molar-refractivity contribution in [2.75, 3.05) is 23.7 Å². The van der Waals surface area contributed by atoms with E-state index in [0.29, 0.717) is 22.2 Å². The van der Waals surface area contributed by atoms with Crippen molar-refractivity contribution < 1.29 is 8.42 Å². The molecule has 0 spiro atoms. The summed E-state index contributed by atoms with van der Waals surface area (Å²) in [7, 11) is -0.0770. The van der Waals surface area contributed by atoms with Gasteiger partial charge in [0.25, 0.3) is 10.0 Å². The first kappa shape index (κ1) is 14.7. The summed E-state index contributed by atoms with van der Waals surface area (Å²) in [5, 5.41) is 0.466. The minimum atomic E-state index is -3.72. The van der Waals surface area contributed by atoms with E-state index in [1.54, 1.807) is 30.0 Å². The molecule has 0 saturated carbocycles. The SMILES string of the molecule is Cc1ncc(S(=O)(=O)Nc2cc(Cl)ccc2N(C)C)[nH]1. The molecular weight excluding hydrogens is 300 g/mol. The summed E-state index contributed by atoms with van der Waals surface area (Å²) in [6.45, 7) is 1.68. The van der Waals surface area contributed by atoms with Crippen LogP contribution in [0.2, 0.25) is 5.02 Å². The maximum atomic E-state index is 12.3. The molecule has 2 rings (SSSR count). The molecule has 0 aliphatic carbocycles. The highest BCUT2D eigenvalue weighted by molar-refractivity contribution is 7.92. The van der Waals surface area contributed by atoms with E-state index in [0.717, 1.165) is 0 Å². The van der Waals surface area contributed by atoms with Crippen molar-refractivity contribution >= 4 is 33.0 Å². The van der Waals surface area contributed by atoms with Gasteiger partial charge in [-0.2, -0.15) is 8.42 Å². The third-order valence-corrected chi connectivity index (χ3v) is 4.16. The van der Waals surface area contributed by atoms with Crippen LogP contribution < -0.4 is 9.62 Å². The summed E-state index contributed by atoms with van der Waals surface area (Å²) in [6.07, 6.45) is 1.28. The Bertz CT molecular complexity index is 725. The number of aromatic amines is 1. The van der Waals surface area contributed by atoms with Gasteiger partial charge in [0.05, 0.1) is 17.6 Å². The second-order valence-corrected chi connectivity index (χ2v) is 6.58. The normalized spacial score (nSPS) is 11.4. The quantitative estimate of drug-likeness (QED) is 0.907. The molecule has 0 bridgehead atoms. The van der Waals surface area contributed by atoms with Crippen molar-refractivity contribution in [3.05, 3.63) is 35.2 Å². The van der Waals surface area contributed by atoms with Crippen LogP contribution in [-0.2, 0) is 10.0 Å². The number of hydrogen-bond acceptors (Lipinski definition) is 4. The van der Waals surface area contributed by atoms with Crippen molar-refractivity contribution in [1.29, 1.82) is 0 Å². The third-order valence-electron chi connectivity index (χ3n) is 2.65. The van der Waals surface area contributed by atoms with Gasteiger partial charge < -0.3 is 9.88 Å². The van der Waals surface area contributed by atoms with Gasteiger partial charge in [0, 0.05) is 19.1 Å². The number of nitrogens with one attached hydrogen (secondary N) is 2. The minimum Gasteiger partial charge on any atom is -0.376 e. The maximum Gasteiger partial charge on any atom is 0.279 e. The highest BCUT2D eigenvalue weighted by Gasteiger charge is 2.19. The lowest BCUT2D eigenvalue weighted by molar-refractivity contribution is 0.598. The number of hydrogen-bond donors (Lipinski definition) is 2. The number of H-pyrrole nitrogens is 1. The van der Waals surface area contributed by atoms with E-state index in [9.17, 15) is 8.42 Å². The topological polar surface area (TPSA) is 78.1 Å². The van der Waals surface area contributed by atoms with Crippen LogP contribution in [0.15, 0.2) is 29.4 Å². The van der Waals surface area contributed by atoms with Gasteiger partial charge in [0.15, 0.2) is 5.03 Å². The Hall–Kier alpha value is -1.73. The van der Waals surface area contributed by atoms with Crippen LogP contribution in [0.1, 0.15) is 5.82 Å². The molecule has 0 aliphatic heterocycles. The highest BCUT2D eigenvalue weighted by atomic mass is 35.5. The summed E-state index contributed by atoms with van der Waals surface area (Å²) in [5.41, 5.74) is 1.13. The van der Waals surface area contributed by atoms with Crippen molar-refractivity contribution in [3.8, 4) is 0 Å². The van der Waals surface area contributed by atoms with Gasteiger partial charge in [-0.15, -0.1) is 0 Å². The van der Waals surface area contributed by atoms with Crippen LogP contribution in [0, 0.1) is 6.92 Å². The second-order valence-electron chi connectivity index (χ2n) is 4.49. The van der Waals surface area contributed by atoms with Crippen LogP contribution in [0.4, 0.5) is 11.4 Å². The number of aryl methyl sites for hydroxylation is 1. The Morgan fingerprint density at radius 3 is 2.60 bits per heavy atom. The highest BCUT2D eigenvalue weighted by Crippen LogP contribution is 2.29. The van der Waals surface area contributed by atoms with E-state index in [-0.39, 0.29) is 5.03 Å². The molecule has 1 aromatic heterocycles. The summed E-state index contributed by atoms with van der Waals surface area (Å²) in [6, 6.07) is 5.02. The van der Waals surface area contributed by atoms with Crippen LogP contribution in [-0.4, -0.2) is 32.5 Å². The van der Waals surface area contributed by atoms with Crippen LogP contribution in [0.25, 0.3) is 0 Å². The van der Waals surface area contributed by atoms with Crippen LogP contribution in [0.5, 0.6) is 0 Å². The first-order chi connectivity index (χ1) is 9.29. The molecule has 1 aromatic carbocycles. The molecular formula is C12H15ClN4O2S. The molecule has 0 unspecified atom stereocenters. The summed E-state index contributed by atoms with van der Waals surface area (Å²) < 4.78 is 27.0. The fourth-order valence-electron chi connectivity index (χ4n) is 1.71. The molecule has 8 heteroatoms. The smallest absolute Gasteiger partial charge is 0.279 e. The van der Waals surface area contributed by atoms with Gasteiger partial charge in [-0.05, 0) is 25.1 Å². The van der Waals surface area contributed by atoms with Gasteiger partial charge in [-0.3, -0.25) is 4.72 Å². The predicted octanol–water partition coefficient (Wildman–Crippen LogP) is 2.24. The van der Waals surface area contributed by atoms with Gasteiger partial charge in [-0.1, -0.05) is 11.6 Å². The van der Waals surface area contributed by atoms with E-state index < -0.39 is 10.0 Å². The Morgan fingerprint density at radius 2 is 2.05 bits per heavy atom. The molecule has 0 aliphatic rings. The first-order valence-electron chi connectivity index (χ1n) is 5.81. The Balaban J connectivity index is 2.41. The fourth-order valence-corrected chi connectivity index (χ4v) is 2.92. The molecule has 2 N–H and O–H groups in total. The molecule has 0 radical (unpaired) electrons. The van der Waals surface area contributed by atoms with Gasteiger partial charge in [-0.25, -0.2) is 4.98 Å². The number of rotatable bonds is 4. The fraction of sp³-hybridized carbons (Fsp3) is 0.250. The lowest BCUT2D eigenvalue weighted by Crippen LogP contribution is -2.17. The molecule has 0 amide bonds. The number of imidazole rings is 1. The summed E-state index contributed by atoms with van der Waals surface area (Å²) in [5.74, 6) is 0.532. The van der Waals surface area contributed by atoms with Crippen molar-refractivity contribution in [1.82, 2.24) is 9.97 Å². The molecule has 108 valence electrons. The largest absolute Gasteiger partial charge is 0.376 e. The zero-order valence-corrected chi connectivity index (χ0v) is 12.9. The Morgan fingerprint density at radius 1 is 1.35 bits per heavy atom. The van der Waals surface area contributed by atoms with E-state index in [2.05, 4.69) is 14.7 Å². The van der Waals surface area contributed by atoms with E-state index in [1.165, 1.54) is 6.20 Å². The molecule has 6 nitrogen and oxygen atoms in total. The lowest BCUT2D eigenvalue weighted by Gasteiger charge is -2.18. The molecule has 0 atom stereocenters. The Labute approximate surface area is 122 Å². The predicted molar refractivity (Wildman–Crippen MR) is 79.9 cm³/mol. The molecule has 20 heavy (non-hydrogen) atoms. The van der Waals surface area contributed by atoms with Crippen molar-refractivity contribution in [2.24, 2.45) is 0 Å². The zero-order valence-electron chi connectivity index (χ0n) is 11.3. The molecule has 1 heterocycles. The third kappa shape index (κ3) is 3.05. The number of halogens is 1. The number of anilines is 2. The molecule has 2 aromatic rings. The second kappa shape index (κ2) is 5.34. The molecule has 0 saturated heterocycles. The van der Waals surface area contributed by atoms with Crippen LogP contribution in [0.3, 0.4) is 0 Å². The summed E-state index contributed by atoms with van der Waals surface area (Å²) >= 11 is 5.93. The number of nitrogens with zero attached hydrogens (tertiary/aromatic N) is 2. The van der Waals surface area contributed by atoms with E-state index in [1.807, 2.05) is 14.1 Å². The van der Waals surface area contributed by atoms with Gasteiger partial charge >= 0.3 is 0 Å². The Kier molecular flexibility index (Phi) is 3.92. The first-order valence-corrected chi connectivity index (χ1v) is 7.67. The number of sulfonamides is 1. The van der Waals surface area contributed by atoms with Gasteiger partial charge in [0.2, 0.25) is 0 Å². The average molecular weight is 315 g/mol. The maximum absolute atomic E-state index is 12.3. The van der Waals surface area contributed by atoms with Gasteiger partial charge in [0.1, 0.15) is 5.82 Å². The minimum absolute atomic E-state index is 0.0136. The van der Waals surface area contributed by atoms with E-state index in [4.69, 9.17) is 11.6 Å². The molecule has 0 fully saturated rings. The summed E-state index contributed by atoms with van der Waals surface area (Å²) in [4.78, 5) is 8.38.